The molecule has 1 heterocycles. The summed E-state index contributed by atoms with van der Waals surface area (Å²) in [5.74, 6) is -1.27. The molecule has 2 unspecified atom stereocenters. The molecule has 17 heavy (non-hydrogen) atoms. The molecule has 0 N–H and O–H groups in total. The Bertz CT molecular complexity index is 452. The molecule has 2 rings (SSSR count). The van der Waals surface area contributed by atoms with Crippen molar-refractivity contribution in [2.24, 2.45) is 0 Å². The Morgan fingerprint density at radius 3 is 2.71 bits per heavy atom. The second kappa shape index (κ2) is 4.64. The molecule has 92 valence electrons. The molecular formula is C12H13F2NOS. The van der Waals surface area contributed by atoms with Gasteiger partial charge < -0.3 is 4.90 Å². The molecule has 0 radical (unpaired) electrons. The Kier molecular flexibility index (Phi) is 3.38. The highest BCUT2D eigenvalue weighted by atomic mass is 32.1. The third-order valence-corrected chi connectivity index (χ3v) is 3.36. The van der Waals surface area contributed by atoms with Crippen molar-refractivity contribution in [1.82, 2.24) is 4.90 Å². The average Bonchev–Trinajstić information content (AvgIpc) is 2.57. The first-order valence-corrected chi connectivity index (χ1v) is 5.93. The van der Waals surface area contributed by atoms with E-state index >= 15 is 0 Å². The SMILES string of the molecule is CC(c1ccc(F)cc1F)N1CC(S)CC1=O. The molecule has 0 aromatic heterocycles. The molecule has 0 bridgehead atoms. The number of likely N-dealkylation sites (tertiary alicyclic amines) is 1. The number of carbonyl (C=O) groups excluding carboxylic acids is 1. The number of carbonyl (C=O) groups is 1. The molecule has 1 saturated heterocycles. The zero-order valence-corrected chi connectivity index (χ0v) is 10.3. The van der Waals surface area contributed by atoms with Crippen molar-refractivity contribution in [3.05, 3.63) is 35.4 Å². The summed E-state index contributed by atoms with van der Waals surface area (Å²) >= 11 is 4.24. The molecule has 1 aliphatic rings. The molecule has 0 saturated carbocycles. The lowest BCUT2D eigenvalue weighted by Gasteiger charge is -2.25. The maximum Gasteiger partial charge on any atom is 0.224 e. The molecule has 1 fully saturated rings. The van der Waals surface area contributed by atoms with Gasteiger partial charge in [-0.3, -0.25) is 4.79 Å². The number of hydrogen-bond acceptors (Lipinski definition) is 2. The fourth-order valence-corrected chi connectivity index (χ4v) is 2.43. The van der Waals surface area contributed by atoms with Crippen LogP contribution in [0.1, 0.15) is 24.9 Å². The molecule has 2 nitrogen and oxygen atoms in total. The van der Waals surface area contributed by atoms with E-state index in [4.69, 9.17) is 0 Å². The highest BCUT2D eigenvalue weighted by molar-refractivity contribution is 7.81. The largest absolute Gasteiger partial charge is 0.335 e. The summed E-state index contributed by atoms with van der Waals surface area (Å²) in [6, 6.07) is 3.03. The molecule has 5 heteroatoms. The first-order chi connectivity index (χ1) is 7.99. The van der Waals surface area contributed by atoms with Gasteiger partial charge in [0.2, 0.25) is 5.91 Å². The Labute approximate surface area is 104 Å². The minimum Gasteiger partial charge on any atom is -0.335 e. The van der Waals surface area contributed by atoms with E-state index in [0.717, 1.165) is 6.07 Å². The van der Waals surface area contributed by atoms with E-state index in [1.165, 1.54) is 12.1 Å². The maximum atomic E-state index is 13.6. The van der Waals surface area contributed by atoms with E-state index in [-0.39, 0.29) is 17.2 Å². The zero-order chi connectivity index (χ0) is 12.6. The summed E-state index contributed by atoms with van der Waals surface area (Å²) in [6.45, 7) is 2.24. The molecule has 2 atom stereocenters. The first-order valence-electron chi connectivity index (χ1n) is 5.41. The average molecular weight is 257 g/mol. The van der Waals surface area contributed by atoms with Crippen molar-refractivity contribution >= 4 is 18.5 Å². The molecule has 1 aliphatic heterocycles. The number of amides is 1. The van der Waals surface area contributed by atoms with Crippen molar-refractivity contribution < 1.29 is 13.6 Å². The van der Waals surface area contributed by atoms with E-state index in [2.05, 4.69) is 12.6 Å². The van der Waals surface area contributed by atoms with Crippen molar-refractivity contribution in [3.63, 3.8) is 0 Å². The van der Waals surface area contributed by atoms with Crippen LogP contribution in [0, 0.1) is 11.6 Å². The number of hydrogen-bond donors (Lipinski definition) is 1. The fourth-order valence-electron chi connectivity index (χ4n) is 2.09. The lowest BCUT2D eigenvalue weighted by molar-refractivity contribution is -0.129. The van der Waals surface area contributed by atoms with Crippen LogP contribution in [-0.4, -0.2) is 22.6 Å². The molecule has 1 amide bonds. The predicted octanol–water partition coefficient (Wildman–Crippen LogP) is 2.56. The van der Waals surface area contributed by atoms with Crippen LogP contribution < -0.4 is 0 Å². The van der Waals surface area contributed by atoms with Gasteiger partial charge in [-0.15, -0.1) is 0 Å². The van der Waals surface area contributed by atoms with Crippen LogP contribution in [0.3, 0.4) is 0 Å². The molecule has 1 aromatic rings. The van der Waals surface area contributed by atoms with Crippen molar-refractivity contribution in [3.8, 4) is 0 Å². The van der Waals surface area contributed by atoms with Gasteiger partial charge >= 0.3 is 0 Å². The number of benzene rings is 1. The Hall–Kier alpha value is -1.10. The van der Waals surface area contributed by atoms with Gasteiger partial charge in [0, 0.05) is 29.8 Å². The second-order valence-corrected chi connectivity index (χ2v) is 4.98. The summed E-state index contributed by atoms with van der Waals surface area (Å²) in [7, 11) is 0. The molecular weight excluding hydrogens is 244 g/mol. The van der Waals surface area contributed by atoms with Gasteiger partial charge in [0.25, 0.3) is 0 Å². The van der Waals surface area contributed by atoms with Gasteiger partial charge in [-0.05, 0) is 13.0 Å². The smallest absolute Gasteiger partial charge is 0.224 e. The minimum absolute atomic E-state index is 0.00606. The third kappa shape index (κ3) is 2.44. The van der Waals surface area contributed by atoms with Crippen LogP contribution in [0.5, 0.6) is 0 Å². The minimum atomic E-state index is -0.618. The van der Waals surface area contributed by atoms with Gasteiger partial charge in [0.15, 0.2) is 0 Å². The maximum absolute atomic E-state index is 13.6. The predicted molar refractivity (Wildman–Crippen MR) is 63.9 cm³/mol. The highest BCUT2D eigenvalue weighted by Gasteiger charge is 2.32. The van der Waals surface area contributed by atoms with Crippen molar-refractivity contribution in [1.29, 1.82) is 0 Å². The second-order valence-electron chi connectivity index (χ2n) is 4.25. The summed E-state index contributed by atoms with van der Waals surface area (Å²) in [5.41, 5.74) is 0.335. The Balaban J connectivity index is 2.25. The van der Waals surface area contributed by atoms with Gasteiger partial charge in [-0.25, -0.2) is 8.78 Å². The monoisotopic (exact) mass is 257 g/mol. The zero-order valence-electron chi connectivity index (χ0n) is 9.36. The van der Waals surface area contributed by atoms with Gasteiger partial charge in [0.1, 0.15) is 11.6 Å². The molecule has 0 aliphatic carbocycles. The number of rotatable bonds is 2. The van der Waals surface area contributed by atoms with E-state index < -0.39 is 11.6 Å². The fraction of sp³-hybridized carbons (Fsp3) is 0.417. The molecule has 0 spiro atoms. The van der Waals surface area contributed by atoms with Crippen LogP contribution in [0.2, 0.25) is 0 Å². The van der Waals surface area contributed by atoms with Gasteiger partial charge in [-0.1, -0.05) is 6.07 Å². The number of halogens is 2. The summed E-state index contributed by atoms with van der Waals surface area (Å²) in [5, 5.41) is -0.00606. The Morgan fingerprint density at radius 2 is 2.18 bits per heavy atom. The number of nitrogens with zero attached hydrogens (tertiary/aromatic N) is 1. The standard InChI is InChI=1S/C12H13F2NOS/c1-7(15-6-9(17)5-12(15)16)10-3-2-8(13)4-11(10)14/h2-4,7,9,17H,5-6H2,1H3. The summed E-state index contributed by atoms with van der Waals surface area (Å²) < 4.78 is 26.4. The van der Waals surface area contributed by atoms with Crippen molar-refractivity contribution in [2.75, 3.05) is 6.54 Å². The highest BCUT2D eigenvalue weighted by Crippen LogP contribution is 2.29. The topological polar surface area (TPSA) is 20.3 Å². The van der Waals surface area contributed by atoms with E-state index in [1.807, 2.05) is 0 Å². The summed E-state index contributed by atoms with van der Waals surface area (Å²) in [6.07, 6.45) is 0.371. The van der Waals surface area contributed by atoms with Crippen LogP contribution in [0.4, 0.5) is 8.78 Å². The van der Waals surface area contributed by atoms with Crippen LogP contribution in [0.25, 0.3) is 0 Å². The van der Waals surface area contributed by atoms with E-state index in [9.17, 15) is 13.6 Å². The number of thiol groups is 1. The van der Waals surface area contributed by atoms with E-state index in [1.54, 1.807) is 11.8 Å². The van der Waals surface area contributed by atoms with E-state index in [0.29, 0.717) is 18.5 Å². The normalized spacial score (nSPS) is 22.0. The van der Waals surface area contributed by atoms with Crippen molar-refractivity contribution in [2.45, 2.75) is 24.6 Å². The lowest BCUT2D eigenvalue weighted by atomic mass is 10.1. The first kappa shape index (κ1) is 12.4. The quantitative estimate of drug-likeness (QED) is 0.807. The molecule has 1 aromatic carbocycles. The van der Waals surface area contributed by atoms with Crippen LogP contribution in [-0.2, 0) is 4.79 Å². The third-order valence-electron chi connectivity index (χ3n) is 3.02. The van der Waals surface area contributed by atoms with Crippen LogP contribution in [0.15, 0.2) is 18.2 Å². The van der Waals surface area contributed by atoms with Gasteiger partial charge in [-0.2, -0.15) is 12.6 Å². The Morgan fingerprint density at radius 1 is 1.47 bits per heavy atom. The van der Waals surface area contributed by atoms with Gasteiger partial charge in [0.05, 0.1) is 6.04 Å². The van der Waals surface area contributed by atoms with Crippen LogP contribution >= 0.6 is 12.6 Å². The summed E-state index contributed by atoms with van der Waals surface area (Å²) in [4.78, 5) is 13.2. The lowest BCUT2D eigenvalue weighted by Crippen LogP contribution is -2.29.